The molecule has 10 nitrogen and oxygen atoms in total. The fourth-order valence-corrected chi connectivity index (χ4v) is 6.21. The number of hydrogen-bond acceptors (Lipinski definition) is 10. The minimum atomic E-state index is -1.09. The number of methoxy groups -OCH3 is 3. The highest BCUT2D eigenvalue weighted by Gasteiger charge is 2.48. The maximum atomic E-state index is 13.7. The van der Waals surface area contributed by atoms with Gasteiger partial charge in [-0.15, -0.1) is 0 Å². The average Bonchev–Trinajstić information content (AvgIpc) is 3.52. The van der Waals surface area contributed by atoms with Crippen molar-refractivity contribution in [3.63, 3.8) is 0 Å². The molecule has 0 saturated carbocycles. The van der Waals surface area contributed by atoms with E-state index in [0.29, 0.717) is 58.1 Å². The van der Waals surface area contributed by atoms with Gasteiger partial charge in [-0.05, 0) is 54.1 Å². The lowest BCUT2D eigenvalue weighted by Gasteiger charge is -2.25. The van der Waals surface area contributed by atoms with Crippen LogP contribution in [0.3, 0.4) is 0 Å². The van der Waals surface area contributed by atoms with Crippen molar-refractivity contribution in [2.45, 2.75) is 6.04 Å². The molecule has 1 saturated heterocycles. The van der Waals surface area contributed by atoms with E-state index in [-0.39, 0.29) is 22.0 Å². The lowest BCUT2D eigenvalue weighted by Crippen LogP contribution is -2.29. The highest BCUT2D eigenvalue weighted by Crippen LogP contribution is 2.48. The van der Waals surface area contributed by atoms with Crippen molar-refractivity contribution in [2.24, 2.45) is 0 Å². The van der Waals surface area contributed by atoms with Gasteiger partial charge in [-0.2, -0.15) is 0 Å². The SMILES string of the molecule is COc1cc([C@@H]2/C(=C(\O)c3ccc4c(c3)OCCO4)C(=O)C(=O)N2c2nc3ccc(Cl)cc3s2)cc(OC)c1OC. The van der Waals surface area contributed by atoms with Gasteiger partial charge >= 0.3 is 5.91 Å². The molecule has 4 aromatic rings. The second-order valence-corrected chi connectivity index (χ2v) is 10.5. The molecule has 41 heavy (non-hydrogen) atoms. The van der Waals surface area contributed by atoms with Crippen LogP contribution in [0.25, 0.3) is 16.0 Å². The zero-order valence-corrected chi connectivity index (χ0v) is 23.7. The Hall–Kier alpha value is -4.48. The molecule has 0 bridgehead atoms. The molecule has 2 aliphatic heterocycles. The number of hydrogen-bond donors (Lipinski definition) is 1. The van der Waals surface area contributed by atoms with Crippen LogP contribution >= 0.6 is 22.9 Å². The van der Waals surface area contributed by atoms with Crippen molar-refractivity contribution in [1.82, 2.24) is 4.98 Å². The predicted molar refractivity (Wildman–Crippen MR) is 153 cm³/mol. The Kier molecular flexibility index (Phi) is 6.84. The second kappa shape index (κ2) is 10.5. The van der Waals surface area contributed by atoms with Gasteiger partial charge < -0.3 is 28.8 Å². The van der Waals surface area contributed by atoms with Crippen LogP contribution in [0.4, 0.5) is 5.13 Å². The van der Waals surface area contributed by atoms with Crippen LogP contribution in [0.15, 0.2) is 54.1 Å². The fraction of sp³-hybridized carbons (Fsp3) is 0.207. The number of carbonyl (C=O) groups is 2. The van der Waals surface area contributed by atoms with Gasteiger partial charge in [0.1, 0.15) is 19.0 Å². The second-order valence-electron chi connectivity index (χ2n) is 9.09. The highest BCUT2D eigenvalue weighted by molar-refractivity contribution is 7.22. The number of aromatic nitrogens is 1. The number of aliphatic hydroxyl groups excluding tert-OH is 1. The zero-order chi connectivity index (χ0) is 28.8. The van der Waals surface area contributed by atoms with E-state index in [1.165, 1.54) is 37.6 Å². The van der Waals surface area contributed by atoms with E-state index in [1.807, 2.05) is 0 Å². The van der Waals surface area contributed by atoms with E-state index in [1.54, 1.807) is 48.5 Å². The van der Waals surface area contributed by atoms with Crippen molar-refractivity contribution in [2.75, 3.05) is 39.4 Å². The number of thiazole rings is 1. The summed E-state index contributed by atoms with van der Waals surface area (Å²) >= 11 is 7.39. The maximum absolute atomic E-state index is 13.7. The number of halogens is 1. The van der Waals surface area contributed by atoms with Crippen LogP contribution in [0.1, 0.15) is 17.2 Å². The highest BCUT2D eigenvalue weighted by atomic mass is 35.5. The Bertz CT molecular complexity index is 1730. The van der Waals surface area contributed by atoms with Crippen molar-refractivity contribution in [3.8, 4) is 28.7 Å². The third-order valence-corrected chi connectivity index (χ3v) is 8.06. The van der Waals surface area contributed by atoms with Crippen LogP contribution in [0.5, 0.6) is 28.7 Å². The minimum absolute atomic E-state index is 0.141. The summed E-state index contributed by atoms with van der Waals surface area (Å²) in [6, 6.07) is 12.2. The van der Waals surface area contributed by atoms with Crippen LogP contribution in [-0.2, 0) is 9.59 Å². The summed E-state index contributed by atoms with van der Waals surface area (Å²) in [4.78, 5) is 33.3. The summed E-state index contributed by atoms with van der Waals surface area (Å²) in [5, 5.41) is 12.4. The molecule has 1 aromatic heterocycles. The molecule has 0 aliphatic carbocycles. The van der Waals surface area contributed by atoms with E-state index in [0.717, 1.165) is 4.70 Å². The number of fused-ring (bicyclic) bond motifs is 2. The standard InChI is InChI=1S/C29H23ClN2O8S/c1-36-20-11-15(12-21(37-2)27(20)38-3)24-23(25(33)14-4-7-18-19(10-14)40-9-8-39-18)26(34)28(35)32(24)29-31-17-6-5-16(30)13-22(17)41-29/h4-7,10-13,24,33H,8-9H2,1-3H3/b25-23+/t24-/m1/s1. The molecule has 0 unspecified atom stereocenters. The maximum Gasteiger partial charge on any atom is 0.301 e. The first-order valence-electron chi connectivity index (χ1n) is 12.4. The summed E-state index contributed by atoms with van der Waals surface area (Å²) in [7, 11) is 4.40. The Labute approximate surface area is 243 Å². The number of Topliss-reactive ketones (excluding diaryl/α,β-unsaturated/α-hetero) is 1. The monoisotopic (exact) mass is 594 g/mol. The first-order valence-corrected chi connectivity index (χ1v) is 13.6. The molecule has 1 N–H and O–H groups in total. The van der Waals surface area contributed by atoms with E-state index < -0.39 is 17.7 Å². The lowest BCUT2D eigenvalue weighted by atomic mass is 9.94. The molecule has 210 valence electrons. The van der Waals surface area contributed by atoms with Gasteiger partial charge in [-0.1, -0.05) is 22.9 Å². The topological polar surface area (TPSA) is 117 Å². The van der Waals surface area contributed by atoms with Gasteiger partial charge in [0.15, 0.2) is 28.1 Å². The predicted octanol–water partition coefficient (Wildman–Crippen LogP) is 5.37. The van der Waals surface area contributed by atoms with E-state index in [2.05, 4.69) is 4.98 Å². The molecule has 2 aliphatic rings. The number of nitrogens with zero attached hydrogens (tertiary/aromatic N) is 2. The largest absolute Gasteiger partial charge is 0.507 e. The smallest absolute Gasteiger partial charge is 0.301 e. The number of carbonyl (C=O) groups excluding carboxylic acids is 2. The fourth-order valence-electron chi connectivity index (χ4n) is 4.94. The van der Waals surface area contributed by atoms with Gasteiger partial charge in [0.2, 0.25) is 5.75 Å². The van der Waals surface area contributed by atoms with Gasteiger partial charge in [0.05, 0.1) is 43.2 Å². The minimum Gasteiger partial charge on any atom is -0.507 e. The molecule has 0 radical (unpaired) electrons. The molecule has 3 aromatic carbocycles. The quantitative estimate of drug-likeness (QED) is 0.178. The van der Waals surface area contributed by atoms with Gasteiger partial charge in [0, 0.05) is 10.6 Å². The van der Waals surface area contributed by atoms with Gasteiger partial charge in [0.25, 0.3) is 5.78 Å². The van der Waals surface area contributed by atoms with Crippen molar-refractivity contribution in [1.29, 1.82) is 0 Å². The number of benzene rings is 3. The Morgan fingerprint density at radius 1 is 0.976 bits per heavy atom. The normalized spacial score (nSPS) is 17.7. The molecular weight excluding hydrogens is 572 g/mol. The summed E-state index contributed by atoms with van der Waals surface area (Å²) in [6.07, 6.45) is 0. The third kappa shape index (κ3) is 4.47. The number of amides is 1. The molecule has 0 spiro atoms. The molecule has 3 heterocycles. The third-order valence-electron chi connectivity index (χ3n) is 6.81. The Morgan fingerprint density at radius 3 is 2.37 bits per heavy atom. The van der Waals surface area contributed by atoms with Crippen LogP contribution in [0.2, 0.25) is 5.02 Å². The average molecular weight is 595 g/mol. The van der Waals surface area contributed by atoms with Gasteiger partial charge in [-0.25, -0.2) is 4.98 Å². The molecule has 6 rings (SSSR count). The molecule has 1 atom stereocenters. The molecule has 1 fully saturated rings. The van der Waals surface area contributed by atoms with E-state index in [9.17, 15) is 14.7 Å². The van der Waals surface area contributed by atoms with E-state index in [4.69, 9.17) is 35.3 Å². The lowest BCUT2D eigenvalue weighted by molar-refractivity contribution is -0.132. The van der Waals surface area contributed by atoms with Gasteiger partial charge in [-0.3, -0.25) is 14.5 Å². The van der Waals surface area contributed by atoms with E-state index >= 15 is 0 Å². The number of anilines is 1. The Balaban J connectivity index is 1.59. The number of ketones is 1. The van der Waals surface area contributed by atoms with Crippen LogP contribution < -0.4 is 28.6 Å². The molecule has 1 amide bonds. The van der Waals surface area contributed by atoms with Crippen LogP contribution in [-0.4, -0.2) is 56.3 Å². The van der Waals surface area contributed by atoms with Crippen LogP contribution in [0, 0.1) is 0 Å². The first-order chi connectivity index (χ1) is 19.8. The Morgan fingerprint density at radius 2 is 1.68 bits per heavy atom. The summed E-state index contributed by atoms with van der Waals surface area (Å²) in [6.45, 7) is 0.743. The molecular formula is C29H23ClN2O8S. The summed E-state index contributed by atoms with van der Waals surface area (Å²) < 4.78 is 28.5. The molecule has 12 heteroatoms. The first kappa shape index (κ1) is 26.7. The van der Waals surface area contributed by atoms with Crippen molar-refractivity contribution < 1.29 is 38.4 Å². The number of aliphatic hydroxyl groups is 1. The van der Waals surface area contributed by atoms with Crippen molar-refractivity contribution in [3.05, 3.63) is 70.3 Å². The number of ether oxygens (including phenoxy) is 5. The van der Waals surface area contributed by atoms with Crippen molar-refractivity contribution >= 4 is 55.7 Å². The summed E-state index contributed by atoms with van der Waals surface area (Å²) in [5.74, 6) is -0.237. The number of rotatable bonds is 6. The summed E-state index contributed by atoms with van der Waals surface area (Å²) in [5.41, 5.74) is 1.17. The zero-order valence-electron chi connectivity index (χ0n) is 22.1.